The van der Waals surface area contributed by atoms with Gasteiger partial charge in [0, 0.05) is 66.3 Å². The first-order chi connectivity index (χ1) is 10.7. The van der Waals surface area contributed by atoms with E-state index in [1.807, 2.05) is 18.4 Å². The van der Waals surface area contributed by atoms with Crippen molar-refractivity contribution >= 4 is 29.1 Å². The van der Waals surface area contributed by atoms with E-state index in [2.05, 4.69) is 20.4 Å². The molecular weight excluding hydrogens is 441 g/mol. The molecule has 0 spiro atoms. The second-order valence-corrected chi connectivity index (χ2v) is 5.28. The zero-order valence-electron chi connectivity index (χ0n) is 12.4. The molecule has 7 nitrogen and oxygen atoms in total. The molecule has 3 heterocycles. The van der Waals surface area contributed by atoms with E-state index in [4.69, 9.17) is 5.73 Å². The number of aromatic nitrogens is 4. The molecule has 0 aliphatic rings. The van der Waals surface area contributed by atoms with Crippen LogP contribution in [0, 0.1) is 41.3 Å². The van der Waals surface area contributed by atoms with Gasteiger partial charge in [-0.1, -0.05) is 0 Å². The molecule has 3 aromatic heterocycles. The summed E-state index contributed by atoms with van der Waals surface area (Å²) in [6.07, 6.45) is 6.85. The Morgan fingerprint density at radius 3 is 2.70 bits per heavy atom. The van der Waals surface area contributed by atoms with Crippen LogP contribution >= 0.6 is 11.8 Å². The molecule has 0 atom stereocenters. The topological polar surface area (TPSA) is 96.0 Å². The van der Waals surface area contributed by atoms with Crippen LogP contribution in [-0.2, 0) is 6.54 Å². The standard InChI is InChI=1S/C14H14N6OS.Pr/c1-22-14-11(12(15)21)13(20-10(19-14)4-7-18-20)17-8-9-2-5-16-6-3-9;/h2-7H,8H2,1H3,(H3,15,17,18,19,21);/p-1. The van der Waals surface area contributed by atoms with E-state index in [0.29, 0.717) is 23.0 Å². The number of anilines is 1. The molecule has 0 aromatic carbocycles. The van der Waals surface area contributed by atoms with Gasteiger partial charge in [0.15, 0.2) is 5.65 Å². The Morgan fingerprint density at radius 2 is 2.04 bits per heavy atom. The fraction of sp³-hybridized carbons (Fsp3) is 0.143. The van der Waals surface area contributed by atoms with Crippen LogP contribution < -0.4 is 5.32 Å². The van der Waals surface area contributed by atoms with Gasteiger partial charge in [0.2, 0.25) is 0 Å². The number of thioether (sulfide) groups is 1. The van der Waals surface area contributed by atoms with Crippen LogP contribution in [0.2, 0.25) is 0 Å². The second kappa shape index (κ2) is 8.03. The summed E-state index contributed by atoms with van der Waals surface area (Å²) < 4.78 is 1.54. The number of nitrogens with one attached hydrogen (secondary N) is 2. The van der Waals surface area contributed by atoms with E-state index in [1.165, 1.54) is 11.8 Å². The number of rotatable bonds is 5. The molecule has 0 fully saturated rings. The van der Waals surface area contributed by atoms with Crippen LogP contribution in [0.15, 0.2) is 41.8 Å². The summed E-state index contributed by atoms with van der Waals surface area (Å²) in [5.41, 5.74) is 9.41. The van der Waals surface area contributed by atoms with Crippen molar-refractivity contribution in [2.45, 2.75) is 11.6 Å². The number of nitrogens with zero attached hydrogens (tertiary/aromatic N) is 4. The SMILES string of the molecule is CSc1nc2ccnn2c(NCc2ccncc2)c1C([NH-])=O.[Pr]. The van der Waals surface area contributed by atoms with Crippen LogP contribution in [0.25, 0.3) is 11.4 Å². The molecule has 9 heteroatoms. The van der Waals surface area contributed by atoms with E-state index in [1.54, 1.807) is 29.2 Å². The Kier molecular flexibility index (Phi) is 6.32. The Bertz CT molecular complexity index is 823. The van der Waals surface area contributed by atoms with Crippen LogP contribution in [0.5, 0.6) is 0 Å². The van der Waals surface area contributed by atoms with E-state index in [0.717, 1.165) is 5.56 Å². The number of fused-ring (bicyclic) bond motifs is 1. The number of amides is 1. The molecule has 0 unspecified atom stereocenters. The minimum absolute atomic E-state index is 0. The average Bonchev–Trinajstić information content (AvgIpc) is 3.00. The Balaban J connectivity index is 0.00000192. The third kappa shape index (κ3) is 3.81. The van der Waals surface area contributed by atoms with Gasteiger partial charge in [-0.15, -0.1) is 11.8 Å². The van der Waals surface area contributed by atoms with Gasteiger partial charge < -0.3 is 15.8 Å². The van der Waals surface area contributed by atoms with E-state index >= 15 is 0 Å². The van der Waals surface area contributed by atoms with E-state index in [9.17, 15) is 4.79 Å². The third-order valence-electron chi connectivity index (χ3n) is 3.13. The Hall–Kier alpha value is -1.25. The molecule has 23 heavy (non-hydrogen) atoms. The fourth-order valence-corrected chi connectivity index (χ4v) is 2.70. The molecule has 1 radical (unpaired) electrons. The maximum Gasteiger partial charge on any atom is 0.158 e. The van der Waals surface area contributed by atoms with E-state index < -0.39 is 5.91 Å². The number of hydrogen-bond donors (Lipinski definition) is 1. The van der Waals surface area contributed by atoms with Crippen LogP contribution in [0.3, 0.4) is 0 Å². The predicted molar refractivity (Wildman–Crippen MR) is 85.0 cm³/mol. The van der Waals surface area contributed by atoms with Gasteiger partial charge in [0.1, 0.15) is 10.8 Å². The summed E-state index contributed by atoms with van der Waals surface area (Å²) in [5.74, 6) is -0.303. The summed E-state index contributed by atoms with van der Waals surface area (Å²) in [6, 6.07) is 5.52. The maximum absolute atomic E-state index is 11.7. The largest absolute Gasteiger partial charge is 0.663 e. The van der Waals surface area contributed by atoms with Crippen LogP contribution in [0.1, 0.15) is 15.9 Å². The zero-order valence-corrected chi connectivity index (χ0v) is 16.9. The average molecular weight is 454 g/mol. The smallest absolute Gasteiger partial charge is 0.158 e. The first-order valence-electron chi connectivity index (χ1n) is 6.51. The van der Waals surface area contributed by atoms with Gasteiger partial charge in [-0.2, -0.15) is 9.61 Å². The Morgan fingerprint density at radius 1 is 1.30 bits per heavy atom. The van der Waals surface area contributed by atoms with Gasteiger partial charge in [0.05, 0.1) is 17.7 Å². The molecule has 0 aliphatic carbocycles. The molecule has 1 amide bonds. The molecule has 0 saturated carbocycles. The minimum atomic E-state index is -0.786. The molecular formula is C14H13N6OPrS-. The minimum Gasteiger partial charge on any atom is -0.663 e. The third-order valence-corrected chi connectivity index (χ3v) is 3.81. The maximum atomic E-state index is 11.7. The zero-order chi connectivity index (χ0) is 15.5. The van der Waals surface area contributed by atoms with Gasteiger partial charge >= 0.3 is 0 Å². The molecule has 3 rings (SSSR count). The van der Waals surface area contributed by atoms with Crippen LogP contribution in [-0.4, -0.2) is 31.7 Å². The summed E-state index contributed by atoms with van der Waals surface area (Å²) in [6.45, 7) is 0.496. The molecule has 0 aliphatic heterocycles. The fourth-order valence-electron chi connectivity index (χ4n) is 2.12. The van der Waals surface area contributed by atoms with Crippen molar-refractivity contribution in [3.63, 3.8) is 0 Å². The second-order valence-electron chi connectivity index (χ2n) is 4.48. The van der Waals surface area contributed by atoms with Gasteiger partial charge in [0.25, 0.3) is 0 Å². The number of carbonyl (C=O) groups is 1. The normalized spacial score (nSPS) is 10.3. The monoisotopic (exact) mass is 454 g/mol. The van der Waals surface area contributed by atoms with Gasteiger partial charge in [-0.3, -0.25) is 4.98 Å². The first-order valence-corrected chi connectivity index (χ1v) is 7.73. The van der Waals surface area contributed by atoms with Crippen molar-refractivity contribution in [1.82, 2.24) is 19.6 Å². The molecule has 2 N–H and O–H groups in total. The quantitative estimate of drug-likeness (QED) is 0.471. The van der Waals surface area contributed by atoms with E-state index in [-0.39, 0.29) is 46.9 Å². The number of pyridine rings is 1. The summed E-state index contributed by atoms with van der Waals surface area (Å²) in [5, 5.41) is 7.90. The molecule has 115 valence electrons. The molecule has 0 saturated heterocycles. The van der Waals surface area contributed by atoms with Crippen LogP contribution in [0.4, 0.5) is 5.82 Å². The Labute approximate surface area is 170 Å². The van der Waals surface area contributed by atoms with Crippen molar-refractivity contribution < 1.29 is 46.1 Å². The summed E-state index contributed by atoms with van der Waals surface area (Å²) in [7, 11) is 0. The van der Waals surface area contributed by atoms with Crippen molar-refractivity contribution in [1.29, 1.82) is 0 Å². The summed E-state index contributed by atoms with van der Waals surface area (Å²) >= 11 is 1.33. The summed E-state index contributed by atoms with van der Waals surface area (Å²) in [4.78, 5) is 20.1. The predicted octanol–water partition coefficient (Wildman–Crippen LogP) is 2.65. The number of carbonyl (C=O) groups excluding carboxylic acids is 1. The number of hydrogen-bond acceptors (Lipinski definition) is 6. The first kappa shape index (κ1) is 18.1. The van der Waals surface area contributed by atoms with Crippen molar-refractivity contribution in [2.24, 2.45) is 0 Å². The van der Waals surface area contributed by atoms with Crippen molar-refractivity contribution in [2.75, 3.05) is 11.6 Å². The van der Waals surface area contributed by atoms with Gasteiger partial charge in [-0.25, -0.2) is 4.98 Å². The van der Waals surface area contributed by atoms with Crippen molar-refractivity contribution in [3.8, 4) is 0 Å². The van der Waals surface area contributed by atoms with Crippen molar-refractivity contribution in [3.05, 3.63) is 53.7 Å². The molecule has 0 bridgehead atoms. The molecule has 3 aromatic rings. The van der Waals surface area contributed by atoms with Gasteiger partial charge in [-0.05, 0) is 24.0 Å².